The highest BCUT2D eigenvalue weighted by Gasteiger charge is 2.49. The smallest absolute Gasteiger partial charge is 0.246 e. The van der Waals surface area contributed by atoms with Gasteiger partial charge in [-0.1, -0.05) is 25.0 Å². The van der Waals surface area contributed by atoms with Crippen molar-refractivity contribution in [3.05, 3.63) is 17.8 Å². The number of carbonyl (C=O) groups excluding carboxylic acids is 1. The summed E-state index contributed by atoms with van der Waals surface area (Å²) < 4.78 is 22.4. The van der Waals surface area contributed by atoms with E-state index in [9.17, 15) is 13.6 Å². The lowest BCUT2D eigenvalue weighted by Crippen LogP contribution is -2.67. The number of carbonyl (C=O) groups is 1. The van der Waals surface area contributed by atoms with E-state index in [0.717, 1.165) is 31.2 Å². The van der Waals surface area contributed by atoms with Crippen molar-refractivity contribution in [1.29, 1.82) is 0 Å². The summed E-state index contributed by atoms with van der Waals surface area (Å²) in [6.45, 7) is 0.579. The van der Waals surface area contributed by atoms with E-state index < -0.39 is 17.1 Å². The number of amides is 1. The Bertz CT molecular complexity index is 699. The minimum atomic E-state index is -2.48. The number of rotatable bonds is 1. The van der Waals surface area contributed by atoms with Crippen molar-refractivity contribution < 1.29 is 13.6 Å². The Balaban J connectivity index is 1.88. The van der Waals surface area contributed by atoms with Crippen LogP contribution in [0, 0.1) is 0 Å². The molecule has 7 nitrogen and oxygen atoms in total. The standard InChI is InChI=1S/C14H16N4O3S/c19-12-10-4-3-9-7-15-13(22(20)21)17-11(9)18(10)14(8-16-12)5-1-2-6-14/h3-4,7,10H,1-2,5-6,8H2,(H,16,19)(H,20,21)/p-1. The van der Waals surface area contributed by atoms with Crippen molar-refractivity contribution >= 4 is 28.9 Å². The van der Waals surface area contributed by atoms with Crippen LogP contribution in [0.1, 0.15) is 31.2 Å². The summed E-state index contributed by atoms with van der Waals surface area (Å²) in [6.07, 6.45) is 9.28. The lowest BCUT2D eigenvalue weighted by Gasteiger charge is -2.50. The third-order valence-corrected chi connectivity index (χ3v) is 5.29. The number of fused-ring (bicyclic) bond motifs is 4. The minimum Gasteiger partial charge on any atom is -0.766 e. The van der Waals surface area contributed by atoms with Gasteiger partial charge in [-0.15, -0.1) is 0 Å². The van der Waals surface area contributed by atoms with E-state index >= 15 is 0 Å². The number of piperazine rings is 1. The molecule has 1 aromatic rings. The summed E-state index contributed by atoms with van der Waals surface area (Å²) >= 11 is -2.48. The van der Waals surface area contributed by atoms with Gasteiger partial charge in [-0.3, -0.25) is 9.00 Å². The predicted molar refractivity (Wildman–Crippen MR) is 78.7 cm³/mol. The zero-order valence-corrected chi connectivity index (χ0v) is 12.6. The Kier molecular flexibility index (Phi) is 3.05. The van der Waals surface area contributed by atoms with Crippen LogP contribution in [-0.2, 0) is 15.9 Å². The molecule has 2 aliphatic heterocycles. The van der Waals surface area contributed by atoms with Gasteiger partial charge in [0.25, 0.3) is 0 Å². The maximum Gasteiger partial charge on any atom is 0.246 e. The molecule has 2 atom stereocenters. The third kappa shape index (κ3) is 1.90. The van der Waals surface area contributed by atoms with Gasteiger partial charge >= 0.3 is 0 Å². The van der Waals surface area contributed by atoms with Gasteiger partial charge in [0.05, 0.1) is 5.54 Å². The largest absolute Gasteiger partial charge is 0.766 e. The van der Waals surface area contributed by atoms with Gasteiger partial charge in [-0.2, -0.15) is 0 Å². The normalized spacial score (nSPS) is 26.5. The molecule has 1 aliphatic carbocycles. The molecule has 2 unspecified atom stereocenters. The molecule has 22 heavy (non-hydrogen) atoms. The van der Waals surface area contributed by atoms with Gasteiger partial charge < -0.3 is 14.8 Å². The first-order valence-electron chi connectivity index (χ1n) is 7.32. The molecular formula is C14H15N4O3S-. The quantitative estimate of drug-likeness (QED) is 0.593. The van der Waals surface area contributed by atoms with Crippen molar-refractivity contribution in [2.24, 2.45) is 0 Å². The Labute approximate surface area is 130 Å². The first-order chi connectivity index (χ1) is 10.6. The van der Waals surface area contributed by atoms with Gasteiger partial charge in [0, 0.05) is 29.4 Å². The Morgan fingerprint density at radius 2 is 2.18 bits per heavy atom. The zero-order chi connectivity index (χ0) is 15.3. The van der Waals surface area contributed by atoms with Crippen LogP contribution in [0.2, 0.25) is 0 Å². The lowest BCUT2D eigenvalue weighted by atomic mass is 9.87. The average Bonchev–Trinajstić information content (AvgIpc) is 2.99. The molecule has 8 heteroatoms. The van der Waals surface area contributed by atoms with Gasteiger partial charge in [0.1, 0.15) is 11.9 Å². The molecule has 2 fully saturated rings. The summed E-state index contributed by atoms with van der Waals surface area (Å²) in [4.78, 5) is 22.3. The van der Waals surface area contributed by atoms with Gasteiger partial charge in [0.2, 0.25) is 11.1 Å². The highest BCUT2D eigenvalue weighted by Crippen LogP contribution is 2.43. The number of nitrogens with zero attached hydrogens (tertiary/aromatic N) is 3. The van der Waals surface area contributed by atoms with Crippen molar-refractivity contribution in [1.82, 2.24) is 15.3 Å². The predicted octanol–water partition coefficient (Wildman–Crippen LogP) is 0.359. The molecule has 1 saturated carbocycles. The second-order valence-electron chi connectivity index (χ2n) is 5.99. The van der Waals surface area contributed by atoms with Gasteiger partial charge in [-0.25, -0.2) is 9.97 Å². The summed E-state index contributed by atoms with van der Waals surface area (Å²) in [6, 6.07) is -0.429. The number of hydrogen-bond donors (Lipinski definition) is 1. The third-order valence-electron chi connectivity index (χ3n) is 4.79. The van der Waals surface area contributed by atoms with Crippen LogP contribution in [0.5, 0.6) is 0 Å². The first-order valence-corrected chi connectivity index (χ1v) is 8.40. The maximum atomic E-state index is 12.2. The van der Waals surface area contributed by atoms with Crippen LogP contribution in [0.4, 0.5) is 5.82 Å². The van der Waals surface area contributed by atoms with Crippen molar-refractivity contribution in [2.45, 2.75) is 42.4 Å². The van der Waals surface area contributed by atoms with Crippen molar-refractivity contribution in [3.8, 4) is 0 Å². The molecule has 116 valence electrons. The summed E-state index contributed by atoms with van der Waals surface area (Å²) in [7, 11) is 0. The van der Waals surface area contributed by atoms with E-state index in [1.165, 1.54) is 6.20 Å². The molecular weight excluding hydrogens is 304 g/mol. The SMILES string of the molecule is O=C1NCC2(CCCC2)N2c3nc(S(=O)[O-])ncc3C=CC12. The molecule has 0 aromatic carbocycles. The molecule has 3 aliphatic rings. The highest BCUT2D eigenvalue weighted by molar-refractivity contribution is 7.78. The Morgan fingerprint density at radius 3 is 2.91 bits per heavy atom. The molecule has 4 rings (SSSR count). The number of anilines is 1. The fourth-order valence-electron chi connectivity index (χ4n) is 3.79. The molecule has 1 aromatic heterocycles. The summed E-state index contributed by atoms with van der Waals surface area (Å²) in [5.74, 6) is 0.487. The van der Waals surface area contributed by atoms with Gasteiger partial charge in [0.15, 0.2) is 0 Å². The molecule has 0 radical (unpaired) electrons. The lowest BCUT2D eigenvalue weighted by molar-refractivity contribution is -0.123. The second-order valence-corrected chi connectivity index (χ2v) is 6.82. The molecule has 1 N–H and O–H groups in total. The van der Waals surface area contributed by atoms with Crippen molar-refractivity contribution in [2.75, 3.05) is 11.4 Å². The minimum absolute atomic E-state index is 0.0668. The van der Waals surface area contributed by atoms with E-state index in [2.05, 4.69) is 15.3 Å². The number of nitrogens with one attached hydrogen (secondary N) is 1. The van der Waals surface area contributed by atoms with E-state index in [1.54, 1.807) is 6.08 Å². The topological polar surface area (TPSA) is 98.2 Å². The molecule has 1 amide bonds. The van der Waals surface area contributed by atoms with Crippen molar-refractivity contribution in [3.63, 3.8) is 0 Å². The fraction of sp³-hybridized carbons (Fsp3) is 0.500. The van der Waals surface area contributed by atoms with Crippen LogP contribution in [0.15, 0.2) is 17.4 Å². The molecule has 1 saturated heterocycles. The van der Waals surface area contributed by atoms with Gasteiger partial charge in [-0.05, 0) is 12.8 Å². The maximum absolute atomic E-state index is 12.2. The highest BCUT2D eigenvalue weighted by atomic mass is 32.2. The van der Waals surface area contributed by atoms with E-state index in [-0.39, 0.29) is 16.6 Å². The molecule has 1 spiro atoms. The van der Waals surface area contributed by atoms with Crippen LogP contribution < -0.4 is 10.2 Å². The summed E-state index contributed by atoms with van der Waals surface area (Å²) in [5.41, 5.74) is 0.583. The number of hydrogen-bond acceptors (Lipinski definition) is 6. The Morgan fingerprint density at radius 1 is 1.41 bits per heavy atom. The zero-order valence-electron chi connectivity index (χ0n) is 11.8. The number of aromatic nitrogens is 2. The second kappa shape index (κ2) is 4.85. The van der Waals surface area contributed by atoms with E-state index in [0.29, 0.717) is 12.4 Å². The van der Waals surface area contributed by atoms with Crippen LogP contribution in [-0.4, -0.2) is 42.8 Å². The van der Waals surface area contributed by atoms with Crippen LogP contribution >= 0.6 is 0 Å². The summed E-state index contributed by atoms with van der Waals surface area (Å²) in [5, 5.41) is 2.76. The first kappa shape index (κ1) is 13.8. The van der Waals surface area contributed by atoms with Crippen LogP contribution in [0.3, 0.4) is 0 Å². The average molecular weight is 319 g/mol. The Hall–Kier alpha value is -1.80. The molecule has 0 bridgehead atoms. The van der Waals surface area contributed by atoms with E-state index in [4.69, 9.17) is 0 Å². The fourth-order valence-corrected chi connectivity index (χ4v) is 4.09. The monoisotopic (exact) mass is 319 g/mol. The van der Waals surface area contributed by atoms with E-state index in [1.807, 2.05) is 11.0 Å². The van der Waals surface area contributed by atoms with Crippen LogP contribution in [0.25, 0.3) is 6.08 Å². The molecule has 3 heterocycles.